The minimum Gasteiger partial charge on any atom is -0.352 e. The Morgan fingerprint density at radius 3 is 2.73 bits per heavy atom. The van der Waals surface area contributed by atoms with Gasteiger partial charge in [0.15, 0.2) is 6.29 Å². The highest BCUT2D eigenvalue weighted by molar-refractivity contribution is 4.96. The molecule has 0 saturated carbocycles. The maximum Gasteiger partial charge on any atom is 0.176 e. The molecule has 2 heteroatoms. The van der Waals surface area contributed by atoms with Crippen LogP contribution in [0.15, 0.2) is 12.2 Å². The van der Waals surface area contributed by atoms with Gasteiger partial charge in [0.25, 0.3) is 0 Å². The number of ether oxygens (including phenoxy) is 2. The fourth-order valence-electron chi connectivity index (χ4n) is 1.33. The highest BCUT2D eigenvalue weighted by Gasteiger charge is 2.21. The predicted octanol–water partition coefficient (Wildman–Crippen LogP) is 1.96. The van der Waals surface area contributed by atoms with Crippen LogP contribution in [0.4, 0.5) is 0 Å². The van der Waals surface area contributed by atoms with Gasteiger partial charge >= 0.3 is 0 Å². The van der Waals surface area contributed by atoms with E-state index in [0.29, 0.717) is 12.0 Å². The van der Waals surface area contributed by atoms with E-state index in [1.165, 1.54) is 0 Å². The van der Waals surface area contributed by atoms with Gasteiger partial charge in [-0.3, -0.25) is 0 Å². The Morgan fingerprint density at radius 1 is 1.45 bits per heavy atom. The highest BCUT2D eigenvalue weighted by Crippen LogP contribution is 2.20. The van der Waals surface area contributed by atoms with Crippen molar-refractivity contribution >= 4 is 0 Å². The molecule has 0 aromatic carbocycles. The topological polar surface area (TPSA) is 18.5 Å². The summed E-state index contributed by atoms with van der Waals surface area (Å²) in [4.78, 5) is 0. The van der Waals surface area contributed by atoms with Gasteiger partial charge in [-0.15, -0.1) is 0 Å². The van der Waals surface area contributed by atoms with Crippen molar-refractivity contribution in [3.63, 3.8) is 0 Å². The van der Waals surface area contributed by atoms with Crippen LogP contribution in [0.25, 0.3) is 0 Å². The zero-order chi connectivity index (χ0) is 8.27. The third kappa shape index (κ3) is 2.04. The van der Waals surface area contributed by atoms with Gasteiger partial charge in [0, 0.05) is 13.0 Å². The zero-order valence-electron chi connectivity index (χ0n) is 7.41. The number of hydrogen-bond donors (Lipinski definition) is 0. The molecule has 0 fully saturated rings. The predicted molar refractivity (Wildman–Crippen MR) is 44.3 cm³/mol. The summed E-state index contributed by atoms with van der Waals surface area (Å²) in [5.74, 6) is 0.520. The van der Waals surface area contributed by atoms with Crippen molar-refractivity contribution in [2.45, 2.75) is 32.7 Å². The first-order valence-electron chi connectivity index (χ1n) is 4.14. The van der Waals surface area contributed by atoms with Crippen LogP contribution in [0.2, 0.25) is 0 Å². The molecule has 0 aromatic heterocycles. The van der Waals surface area contributed by atoms with E-state index in [-0.39, 0.29) is 6.29 Å². The molecule has 0 bridgehead atoms. The van der Waals surface area contributed by atoms with Crippen molar-refractivity contribution in [1.29, 1.82) is 0 Å². The second-order valence-corrected chi connectivity index (χ2v) is 2.93. The van der Waals surface area contributed by atoms with Crippen molar-refractivity contribution in [3.05, 3.63) is 12.2 Å². The second-order valence-electron chi connectivity index (χ2n) is 2.93. The number of methoxy groups -OCH3 is 1. The molecule has 3 unspecified atom stereocenters. The highest BCUT2D eigenvalue weighted by atomic mass is 16.7. The SMILES string of the molecule is CCC1OC(OC)C=CC1C. The summed E-state index contributed by atoms with van der Waals surface area (Å²) in [5, 5.41) is 0. The Balaban J connectivity index is 2.52. The normalized spacial score (nSPS) is 37.5. The van der Waals surface area contributed by atoms with E-state index in [1.807, 2.05) is 6.08 Å². The van der Waals surface area contributed by atoms with E-state index < -0.39 is 0 Å². The molecule has 1 aliphatic heterocycles. The van der Waals surface area contributed by atoms with Crippen LogP contribution in [0.3, 0.4) is 0 Å². The Labute approximate surface area is 68.2 Å². The average molecular weight is 156 g/mol. The third-order valence-corrected chi connectivity index (χ3v) is 2.10. The molecule has 0 N–H and O–H groups in total. The summed E-state index contributed by atoms with van der Waals surface area (Å²) in [6.45, 7) is 4.30. The van der Waals surface area contributed by atoms with Crippen LogP contribution in [0.5, 0.6) is 0 Å². The lowest BCUT2D eigenvalue weighted by Crippen LogP contribution is -2.30. The Morgan fingerprint density at radius 2 is 2.18 bits per heavy atom. The molecule has 0 saturated heterocycles. The average Bonchev–Trinajstić information content (AvgIpc) is 2.05. The Kier molecular flexibility index (Phi) is 3.09. The van der Waals surface area contributed by atoms with Gasteiger partial charge < -0.3 is 9.47 Å². The first-order valence-corrected chi connectivity index (χ1v) is 4.14. The van der Waals surface area contributed by atoms with Gasteiger partial charge in [-0.25, -0.2) is 0 Å². The maximum absolute atomic E-state index is 5.59. The molecule has 0 radical (unpaired) electrons. The van der Waals surface area contributed by atoms with Gasteiger partial charge in [0.05, 0.1) is 6.10 Å². The van der Waals surface area contributed by atoms with E-state index in [0.717, 1.165) is 6.42 Å². The molecule has 0 aliphatic carbocycles. The number of hydrogen-bond acceptors (Lipinski definition) is 2. The van der Waals surface area contributed by atoms with Crippen LogP contribution in [-0.2, 0) is 9.47 Å². The monoisotopic (exact) mass is 156 g/mol. The summed E-state index contributed by atoms with van der Waals surface area (Å²) in [7, 11) is 1.66. The van der Waals surface area contributed by atoms with Gasteiger partial charge in [0.1, 0.15) is 0 Å². The van der Waals surface area contributed by atoms with Crippen molar-refractivity contribution in [3.8, 4) is 0 Å². The summed E-state index contributed by atoms with van der Waals surface area (Å²) in [5.41, 5.74) is 0. The van der Waals surface area contributed by atoms with Gasteiger partial charge in [0.2, 0.25) is 0 Å². The molecule has 3 atom stereocenters. The van der Waals surface area contributed by atoms with Crippen molar-refractivity contribution in [1.82, 2.24) is 0 Å². The van der Waals surface area contributed by atoms with Crippen molar-refractivity contribution in [2.24, 2.45) is 5.92 Å². The smallest absolute Gasteiger partial charge is 0.176 e. The van der Waals surface area contributed by atoms with Crippen LogP contribution in [0.1, 0.15) is 20.3 Å². The van der Waals surface area contributed by atoms with Crippen molar-refractivity contribution in [2.75, 3.05) is 7.11 Å². The molecule has 2 nitrogen and oxygen atoms in total. The van der Waals surface area contributed by atoms with Gasteiger partial charge in [-0.2, -0.15) is 0 Å². The maximum atomic E-state index is 5.59. The summed E-state index contributed by atoms with van der Waals surface area (Å²) in [6, 6.07) is 0. The summed E-state index contributed by atoms with van der Waals surface area (Å²) in [6.07, 6.45) is 5.37. The van der Waals surface area contributed by atoms with Crippen LogP contribution >= 0.6 is 0 Å². The first-order chi connectivity index (χ1) is 5.27. The molecule has 0 amide bonds. The molecule has 11 heavy (non-hydrogen) atoms. The summed E-state index contributed by atoms with van der Waals surface area (Å²) >= 11 is 0. The molecule has 1 rings (SSSR count). The van der Waals surface area contributed by atoms with Gasteiger partial charge in [-0.1, -0.05) is 19.9 Å². The van der Waals surface area contributed by atoms with E-state index in [2.05, 4.69) is 19.9 Å². The largest absolute Gasteiger partial charge is 0.352 e. The fraction of sp³-hybridized carbons (Fsp3) is 0.778. The molecule has 1 heterocycles. The molecule has 0 aromatic rings. The number of rotatable bonds is 2. The van der Waals surface area contributed by atoms with Crippen LogP contribution in [0, 0.1) is 5.92 Å². The Bertz CT molecular complexity index is 142. The Hall–Kier alpha value is -0.340. The zero-order valence-corrected chi connectivity index (χ0v) is 7.41. The lowest BCUT2D eigenvalue weighted by Gasteiger charge is -2.28. The molecular formula is C9H16O2. The van der Waals surface area contributed by atoms with Crippen LogP contribution < -0.4 is 0 Å². The fourth-order valence-corrected chi connectivity index (χ4v) is 1.33. The third-order valence-electron chi connectivity index (χ3n) is 2.10. The minimum atomic E-state index is -0.129. The van der Waals surface area contributed by atoms with Crippen molar-refractivity contribution < 1.29 is 9.47 Å². The van der Waals surface area contributed by atoms with E-state index in [9.17, 15) is 0 Å². The van der Waals surface area contributed by atoms with E-state index >= 15 is 0 Å². The molecule has 1 aliphatic rings. The quantitative estimate of drug-likeness (QED) is 0.569. The first kappa shape index (κ1) is 8.75. The minimum absolute atomic E-state index is 0.129. The van der Waals surface area contributed by atoms with E-state index in [1.54, 1.807) is 7.11 Å². The van der Waals surface area contributed by atoms with Gasteiger partial charge in [-0.05, 0) is 12.5 Å². The lowest BCUT2D eigenvalue weighted by atomic mass is 10.00. The van der Waals surface area contributed by atoms with E-state index in [4.69, 9.17) is 9.47 Å². The lowest BCUT2D eigenvalue weighted by molar-refractivity contribution is -0.143. The summed E-state index contributed by atoms with van der Waals surface area (Å²) < 4.78 is 10.7. The molecule has 0 spiro atoms. The van der Waals surface area contributed by atoms with Crippen LogP contribution in [-0.4, -0.2) is 19.5 Å². The standard InChI is InChI=1S/C9H16O2/c1-4-8-7(2)5-6-9(10-3)11-8/h5-9H,4H2,1-3H3. The second kappa shape index (κ2) is 3.88. The molecular weight excluding hydrogens is 140 g/mol. The molecule has 64 valence electrons.